The Morgan fingerprint density at radius 2 is 2.04 bits per heavy atom. The van der Waals surface area contributed by atoms with Gasteiger partial charge in [0.05, 0.1) is 18.2 Å². The van der Waals surface area contributed by atoms with Crippen LogP contribution in [0.15, 0.2) is 29.1 Å². The number of amides is 1. The molecule has 7 nitrogen and oxygen atoms in total. The fourth-order valence-corrected chi connectivity index (χ4v) is 3.73. The Balaban J connectivity index is 1.61. The van der Waals surface area contributed by atoms with Crippen molar-refractivity contribution in [1.29, 1.82) is 0 Å². The summed E-state index contributed by atoms with van der Waals surface area (Å²) in [7, 11) is 0. The molecule has 150 valence electrons. The number of carbonyl (C=O) groups excluding carboxylic acids is 1. The van der Waals surface area contributed by atoms with Gasteiger partial charge in [-0.05, 0) is 30.5 Å². The number of alkyl halides is 3. The lowest BCUT2D eigenvalue weighted by molar-refractivity contribution is -0.145. The van der Waals surface area contributed by atoms with Crippen molar-refractivity contribution in [2.24, 2.45) is 0 Å². The van der Waals surface area contributed by atoms with E-state index in [1.54, 1.807) is 0 Å². The maximum absolute atomic E-state index is 12.9. The number of aryl methyl sites for hydroxylation is 1. The molecule has 1 aromatic carbocycles. The van der Waals surface area contributed by atoms with Crippen molar-refractivity contribution in [3.05, 3.63) is 51.7 Å². The van der Waals surface area contributed by atoms with E-state index in [0.717, 1.165) is 16.8 Å². The molecule has 10 heteroatoms. The normalized spacial score (nSPS) is 20.0. The van der Waals surface area contributed by atoms with Crippen molar-refractivity contribution in [2.75, 3.05) is 13.1 Å². The van der Waals surface area contributed by atoms with Gasteiger partial charge in [0.15, 0.2) is 0 Å². The first-order chi connectivity index (χ1) is 13.2. The van der Waals surface area contributed by atoms with Crippen LogP contribution in [0.3, 0.4) is 0 Å². The molecule has 1 aromatic heterocycles. The van der Waals surface area contributed by atoms with Crippen LogP contribution < -0.4 is 5.69 Å². The molecule has 2 aliphatic rings. The summed E-state index contributed by atoms with van der Waals surface area (Å²) in [4.78, 5) is 27.0. The fourth-order valence-electron chi connectivity index (χ4n) is 3.73. The SMILES string of the molecule is O=C([C@H]1CCCc2nn(Cc3cccc(C(F)(F)F)c3)c(=O)n21)N1CC(O)C1. The molecule has 3 heterocycles. The van der Waals surface area contributed by atoms with Gasteiger partial charge < -0.3 is 10.0 Å². The Morgan fingerprint density at radius 1 is 1.29 bits per heavy atom. The summed E-state index contributed by atoms with van der Waals surface area (Å²) in [6, 6.07) is 4.08. The number of benzene rings is 1. The number of β-amino-alcohol motifs (C(OH)–C–C–N with tert-alkyl or cyclic N) is 1. The molecule has 4 rings (SSSR count). The molecule has 0 radical (unpaired) electrons. The minimum Gasteiger partial charge on any atom is -0.389 e. The first-order valence-electron chi connectivity index (χ1n) is 9.05. The van der Waals surface area contributed by atoms with Gasteiger partial charge in [-0.2, -0.15) is 18.3 Å². The number of nitrogens with zero attached hydrogens (tertiary/aromatic N) is 4. The van der Waals surface area contributed by atoms with Gasteiger partial charge in [-0.15, -0.1) is 0 Å². The minimum absolute atomic E-state index is 0.105. The summed E-state index contributed by atoms with van der Waals surface area (Å²) in [5, 5.41) is 13.7. The number of rotatable bonds is 3. The Bertz CT molecular complexity index is 960. The quantitative estimate of drug-likeness (QED) is 0.845. The third-order valence-corrected chi connectivity index (χ3v) is 5.18. The van der Waals surface area contributed by atoms with E-state index in [1.807, 2.05) is 0 Å². The highest BCUT2D eigenvalue weighted by Gasteiger charge is 2.38. The first-order valence-corrected chi connectivity index (χ1v) is 9.05. The van der Waals surface area contributed by atoms with Gasteiger partial charge in [0.2, 0.25) is 5.91 Å². The summed E-state index contributed by atoms with van der Waals surface area (Å²) < 4.78 is 41.2. The van der Waals surface area contributed by atoms with Gasteiger partial charge >= 0.3 is 11.9 Å². The van der Waals surface area contributed by atoms with E-state index in [-0.39, 0.29) is 25.5 Å². The van der Waals surface area contributed by atoms with E-state index in [0.29, 0.717) is 30.7 Å². The highest BCUT2D eigenvalue weighted by Crippen LogP contribution is 2.30. The topological polar surface area (TPSA) is 80.4 Å². The van der Waals surface area contributed by atoms with Gasteiger partial charge in [-0.3, -0.25) is 9.36 Å². The zero-order valence-electron chi connectivity index (χ0n) is 14.9. The lowest BCUT2D eigenvalue weighted by Gasteiger charge is -2.39. The second kappa shape index (κ2) is 6.77. The Kier molecular flexibility index (Phi) is 4.53. The van der Waals surface area contributed by atoms with Gasteiger partial charge in [0, 0.05) is 19.5 Å². The number of fused-ring (bicyclic) bond motifs is 1. The average molecular weight is 396 g/mol. The maximum Gasteiger partial charge on any atom is 0.416 e. The molecule has 0 unspecified atom stereocenters. The predicted octanol–water partition coefficient (Wildman–Crippen LogP) is 1.19. The maximum atomic E-state index is 12.9. The van der Waals surface area contributed by atoms with Crippen molar-refractivity contribution in [1.82, 2.24) is 19.2 Å². The van der Waals surface area contributed by atoms with Crippen LogP contribution in [-0.2, 0) is 23.9 Å². The standard InChI is InChI=1S/C18H19F3N4O3/c19-18(20,21)12-4-1-3-11(7-12)8-24-17(28)25-14(5-2-6-15(25)22-24)16(27)23-9-13(26)10-23/h1,3-4,7,13-14,26H,2,5-6,8-10H2/t14-/m1/s1. The van der Waals surface area contributed by atoms with Crippen molar-refractivity contribution in [3.8, 4) is 0 Å². The number of hydrogen-bond acceptors (Lipinski definition) is 4. The number of likely N-dealkylation sites (tertiary alicyclic amines) is 1. The van der Waals surface area contributed by atoms with Gasteiger partial charge in [0.25, 0.3) is 0 Å². The van der Waals surface area contributed by atoms with E-state index in [2.05, 4.69) is 5.10 Å². The van der Waals surface area contributed by atoms with E-state index in [9.17, 15) is 27.9 Å². The van der Waals surface area contributed by atoms with Crippen LogP contribution in [-0.4, -0.2) is 49.5 Å². The number of halogens is 3. The molecule has 2 aliphatic heterocycles. The van der Waals surface area contributed by atoms with Crippen LogP contribution in [0.2, 0.25) is 0 Å². The van der Waals surface area contributed by atoms with E-state index in [1.165, 1.54) is 21.6 Å². The van der Waals surface area contributed by atoms with Crippen molar-refractivity contribution < 1.29 is 23.1 Å². The van der Waals surface area contributed by atoms with Crippen LogP contribution in [0.5, 0.6) is 0 Å². The summed E-state index contributed by atoms with van der Waals surface area (Å²) in [5.41, 5.74) is -0.987. The molecule has 1 saturated heterocycles. The predicted molar refractivity (Wildman–Crippen MR) is 91.6 cm³/mol. The molecular weight excluding hydrogens is 377 g/mol. The summed E-state index contributed by atoms with van der Waals surface area (Å²) in [6.45, 7) is 0.391. The molecule has 1 atom stereocenters. The third-order valence-electron chi connectivity index (χ3n) is 5.18. The van der Waals surface area contributed by atoms with Gasteiger partial charge in [-0.1, -0.05) is 12.1 Å². The number of aliphatic hydroxyl groups excluding tert-OH is 1. The summed E-state index contributed by atoms with van der Waals surface area (Å²) in [6.07, 6.45) is -3.29. The lowest BCUT2D eigenvalue weighted by Crippen LogP contribution is -2.56. The van der Waals surface area contributed by atoms with Crippen LogP contribution in [0.1, 0.15) is 35.8 Å². The highest BCUT2D eigenvalue weighted by molar-refractivity contribution is 5.81. The van der Waals surface area contributed by atoms with Gasteiger partial charge in [0.1, 0.15) is 11.9 Å². The van der Waals surface area contributed by atoms with Crippen LogP contribution in [0, 0.1) is 0 Å². The Morgan fingerprint density at radius 3 is 2.71 bits per heavy atom. The average Bonchev–Trinajstić information content (AvgIpc) is 2.94. The largest absolute Gasteiger partial charge is 0.416 e. The summed E-state index contributed by atoms with van der Waals surface area (Å²) >= 11 is 0. The minimum atomic E-state index is -4.46. The molecule has 0 saturated carbocycles. The molecule has 0 aliphatic carbocycles. The molecule has 1 amide bonds. The van der Waals surface area contributed by atoms with E-state index in [4.69, 9.17) is 0 Å². The monoisotopic (exact) mass is 396 g/mol. The molecule has 1 N–H and O–H groups in total. The molecule has 2 aromatic rings. The fraction of sp³-hybridized carbons (Fsp3) is 0.500. The second-order valence-electron chi connectivity index (χ2n) is 7.23. The molecule has 28 heavy (non-hydrogen) atoms. The van der Waals surface area contributed by atoms with Crippen LogP contribution in [0.25, 0.3) is 0 Å². The van der Waals surface area contributed by atoms with Crippen molar-refractivity contribution in [3.63, 3.8) is 0 Å². The smallest absolute Gasteiger partial charge is 0.389 e. The van der Waals surface area contributed by atoms with Crippen molar-refractivity contribution in [2.45, 2.75) is 44.1 Å². The Labute approximate surface area is 158 Å². The lowest BCUT2D eigenvalue weighted by atomic mass is 10.0. The third kappa shape index (κ3) is 3.32. The number of hydrogen-bond donors (Lipinski definition) is 1. The number of aliphatic hydroxyl groups is 1. The molecule has 0 spiro atoms. The van der Waals surface area contributed by atoms with Crippen LogP contribution >= 0.6 is 0 Å². The second-order valence-corrected chi connectivity index (χ2v) is 7.23. The molecule has 1 fully saturated rings. The number of carbonyl (C=O) groups is 1. The summed E-state index contributed by atoms with van der Waals surface area (Å²) in [5.74, 6) is 0.231. The van der Waals surface area contributed by atoms with E-state index >= 15 is 0 Å². The zero-order chi connectivity index (χ0) is 20.1. The zero-order valence-corrected chi connectivity index (χ0v) is 14.9. The highest BCUT2D eigenvalue weighted by atomic mass is 19.4. The van der Waals surface area contributed by atoms with Crippen LogP contribution in [0.4, 0.5) is 13.2 Å². The Hall–Kier alpha value is -2.62. The molecule has 0 bridgehead atoms. The van der Waals surface area contributed by atoms with E-state index < -0.39 is 29.6 Å². The number of aromatic nitrogens is 3. The van der Waals surface area contributed by atoms with Gasteiger partial charge in [-0.25, -0.2) is 9.48 Å². The van der Waals surface area contributed by atoms with Crippen molar-refractivity contribution >= 4 is 5.91 Å². The first kappa shape index (κ1) is 18.7. The molecular formula is C18H19F3N4O3.